The molecule has 5 heteroatoms. The molecule has 0 atom stereocenters. The van der Waals surface area contributed by atoms with Gasteiger partial charge in [0.25, 0.3) is 0 Å². The Bertz CT molecular complexity index is 417. The first-order valence-electron chi connectivity index (χ1n) is 5.57. The Morgan fingerprint density at radius 3 is 2.41 bits per heavy atom. The van der Waals surface area contributed by atoms with Crippen molar-refractivity contribution in [2.45, 2.75) is 18.8 Å². The minimum atomic E-state index is -1.09. The van der Waals surface area contributed by atoms with Gasteiger partial charge >= 0.3 is 0 Å². The Labute approximate surface area is 97.8 Å². The summed E-state index contributed by atoms with van der Waals surface area (Å²) in [6.45, 7) is 1.37. The second-order valence-electron chi connectivity index (χ2n) is 4.13. The number of benzene rings is 1. The Morgan fingerprint density at radius 1 is 1.18 bits per heavy atom. The predicted octanol–water partition coefficient (Wildman–Crippen LogP) is 2.58. The minimum Gasteiger partial charge on any atom is -0.494 e. The molecule has 17 heavy (non-hydrogen) atoms. The molecule has 1 heterocycles. The molecule has 2 nitrogen and oxygen atoms in total. The van der Waals surface area contributed by atoms with E-state index in [4.69, 9.17) is 4.74 Å². The molecule has 0 aliphatic carbocycles. The molecule has 1 N–H and O–H groups in total. The highest BCUT2D eigenvalue weighted by atomic mass is 19.2. The van der Waals surface area contributed by atoms with Crippen LogP contribution >= 0.6 is 0 Å². The first kappa shape index (κ1) is 12.2. The van der Waals surface area contributed by atoms with E-state index in [1.165, 1.54) is 7.11 Å². The number of rotatable bonds is 2. The summed E-state index contributed by atoms with van der Waals surface area (Å²) in [5.74, 6) is -3.46. The van der Waals surface area contributed by atoms with Crippen LogP contribution in [0.1, 0.15) is 24.3 Å². The minimum absolute atomic E-state index is 0.177. The number of piperidine rings is 1. The van der Waals surface area contributed by atoms with Crippen LogP contribution in [0.4, 0.5) is 13.2 Å². The highest BCUT2D eigenvalue weighted by molar-refractivity contribution is 5.35. The van der Waals surface area contributed by atoms with Crippen molar-refractivity contribution < 1.29 is 17.9 Å². The van der Waals surface area contributed by atoms with Crippen LogP contribution in [0.5, 0.6) is 5.75 Å². The van der Waals surface area contributed by atoms with Crippen LogP contribution in [0.25, 0.3) is 0 Å². The van der Waals surface area contributed by atoms with Gasteiger partial charge in [0, 0.05) is 11.6 Å². The van der Waals surface area contributed by atoms with Gasteiger partial charge in [0.1, 0.15) is 0 Å². The third kappa shape index (κ3) is 2.24. The molecular weight excluding hydrogens is 231 g/mol. The highest BCUT2D eigenvalue weighted by Crippen LogP contribution is 2.35. The molecule has 0 unspecified atom stereocenters. The molecule has 0 radical (unpaired) electrons. The molecule has 1 saturated heterocycles. The number of hydrogen-bond donors (Lipinski definition) is 1. The lowest BCUT2D eigenvalue weighted by molar-refractivity contribution is 0.357. The lowest BCUT2D eigenvalue weighted by Crippen LogP contribution is -2.27. The molecular formula is C12H14F3NO. The smallest absolute Gasteiger partial charge is 0.171 e. The van der Waals surface area contributed by atoms with Gasteiger partial charge in [-0.05, 0) is 31.8 Å². The first-order valence-corrected chi connectivity index (χ1v) is 5.57. The van der Waals surface area contributed by atoms with Gasteiger partial charge in [-0.25, -0.2) is 13.2 Å². The predicted molar refractivity (Wildman–Crippen MR) is 57.7 cm³/mol. The second kappa shape index (κ2) is 4.96. The highest BCUT2D eigenvalue weighted by Gasteiger charge is 2.27. The third-order valence-corrected chi connectivity index (χ3v) is 3.12. The Kier molecular flexibility index (Phi) is 3.57. The van der Waals surface area contributed by atoms with Gasteiger partial charge in [-0.1, -0.05) is 0 Å². The van der Waals surface area contributed by atoms with Gasteiger partial charge in [0.15, 0.2) is 23.2 Å². The SMILES string of the molecule is COc1cc(F)c(F)c(C2CCNCC2)c1F. The van der Waals surface area contributed by atoms with Gasteiger partial charge in [0.2, 0.25) is 0 Å². The lowest BCUT2D eigenvalue weighted by Gasteiger charge is -2.24. The van der Waals surface area contributed by atoms with Crippen molar-refractivity contribution >= 4 is 0 Å². The maximum absolute atomic E-state index is 13.9. The standard InChI is InChI=1S/C12H14F3NO/c1-17-9-6-8(13)11(14)10(12(9)15)7-2-4-16-5-3-7/h6-7,16H,2-5H2,1H3. The second-order valence-corrected chi connectivity index (χ2v) is 4.13. The van der Waals surface area contributed by atoms with Crippen molar-refractivity contribution in [3.05, 3.63) is 29.1 Å². The summed E-state index contributed by atoms with van der Waals surface area (Å²) in [5.41, 5.74) is -0.177. The van der Waals surface area contributed by atoms with Gasteiger partial charge in [-0.15, -0.1) is 0 Å². The lowest BCUT2D eigenvalue weighted by atomic mass is 9.89. The fourth-order valence-corrected chi connectivity index (χ4v) is 2.22. The average Bonchev–Trinajstić information content (AvgIpc) is 2.35. The molecule has 1 fully saturated rings. The van der Waals surface area contributed by atoms with Crippen LogP contribution in [-0.4, -0.2) is 20.2 Å². The van der Waals surface area contributed by atoms with E-state index in [1.54, 1.807) is 0 Å². The molecule has 0 saturated carbocycles. The quantitative estimate of drug-likeness (QED) is 0.808. The Morgan fingerprint density at radius 2 is 1.82 bits per heavy atom. The van der Waals surface area contributed by atoms with Crippen LogP contribution < -0.4 is 10.1 Å². The number of hydrogen-bond acceptors (Lipinski definition) is 2. The topological polar surface area (TPSA) is 21.3 Å². The molecule has 1 aliphatic heterocycles. The molecule has 1 aromatic carbocycles. The maximum atomic E-state index is 13.9. The van der Waals surface area contributed by atoms with E-state index in [9.17, 15) is 13.2 Å². The van der Waals surface area contributed by atoms with Crippen LogP contribution in [0.15, 0.2) is 6.07 Å². The fraction of sp³-hybridized carbons (Fsp3) is 0.500. The Hall–Kier alpha value is -1.23. The van der Waals surface area contributed by atoms with E-state index in [0.717, 1.165) is 6.07 Å². The molecule has 0 spiro atoms. The molecule has 2 rings (SSSR count). The van der Waals surface area contributed by atoms with E-state index in [-0.39, 0.29) is 17.2 Å². The van der Waals surface area contributed by atoms with Crippen molar-refractivity contribution in [3.63, 3.8) is 0 Å². The van der Waals surface area contributed by atoms with Gasteiger partial charge in [-0.3, -0.25) is 0 Å². The normalized spacial score (nSPS) is 17.2. The van der Waals surface area contributed by atoms with E-state index in [0.29, 0.717) is 25.9 Å². The van der Waals surface area contributed by atoms with Crippen LogP contribution in [-0.2, 0) is 0 Å². The molecule has 1 aliphatic rings. The average molecular weight is 245 g/mol. The van der Waals surface area contributed by atoms with Crippen molar-refractivity contribution in [2.75, 3.05) is 20.2 Å². The number of nitrogens with one attached hydrogen (secondary N) is 1. The van der Waals surface area contributed by atoms with E-state index in [1.807, 2.05) is 0 Å². The summed E-state index contributed by atoms with van der Waals surface area (Å²) >= 11 is 0. The summed E-state index contributed by atoms with van der Waals surface area (Å²) in [6.07, 6.45) is 1.20. The van der Waals surface area contributed by atoms with E-state index in [2.05, 4.69) is 5.32 Å². The zero-order valence-electron chi connectivity index (χ0n) is 9.53. The summed E-state index contributed by atoms with van der Waals surface area (Å²) in [6, 6.07) is 0.745. The molecule has 0 aromatic heterocycles. The monoisotopic (exact) mass is 245 g/mol. The van der Waals surface area contributed by atoms with Gasteiger partial charge in [-0.2, -0.15) is 0 Å². The number of methoxy groups -OCH3 is 1. The van der Waals surface area contributed by atoms with Crippen molar-refractivity contribution in [1.29, 1.82) is 0 Å². The van der Waals surface area contributed by atoms with E-state index < -0.39 is 17.5 Å². The summed E-state index contributed by atoms with van der Waals surface area (Å²) in [5, 5.41) is 3.10. The molecule has 1 aromatic rings. The maximum Gasteiger partial charge on any atom is 0.171 e. The zero-order valence-corrected chi connectivity index (χ0v) is 9.53. The van der Waals surface area contributed by atoms with Crippen LogP contribution in [0.2, 0.25) is 0 Å². The first-order chi connectivity index (χ1) is 8.15. The summed E-state index contributed by atoms with van der Waals surface area (Å²) in [7, 11) is 1.24. The number of halogens is 3. The molecule has 94 valence electrons. The van der Waals surface area contributed by atoms with Crippen molar-refractivity contribution in [2.24, 2.45) is 0 Å². The zero-order chi connectivity index (χ0) is 12.4. The fourth-order valence-electron chi connectivity index (χ4n) is 2.22. The van der Waals surface area contributed by atoms with Crippen LogP contribution in [0.3, 0.4) is 0 Å². The van der Waals surface area contributed by atoms with E-state index >= 15 is 0 Å². The van der Waals surface area contributed by atoms with Gasteiger partial charge < -0.3 is 10.1 Å². The number of ether oxygens (including phenoxy) is 1. The van der Waals surface area contributed by atoms with Crippen molar-refractivity contribution in [1.82, 2.24) is 5.32 Å². The van der Waals surface area contributed by atoms with Crippen molar-refractivity contribution in [3.8, 4) is 5.75 Å². The summed E-state index contributed by atoms with van der Waals surface area (Å²) < 4.78 is 45.7. The summed E-state index contributed by atoms with van der Waals surface area (Å²) in [4.78, 5) is 0. The molecule has 0 amide bonds. The Balaban J connectivity index is 2.46. The third-order valence-electron chi connectivity index (χ3n) is 3.12. The van der Waals surface area contributed by atoms with Crippen LogP contribution in [0, 0.1) is 17.5 Å². The largest absolute Gasteiger partial charge is 0.494 e. The molecule has 0 bridgehead atoms. The van der Waals surface area contributed by atoms with Gasteiger partial charge in [0.05, 0.1) is 7.11 Å².